The SMILES string of the molecule is CC(C)(CN1CCOCC1)CN1CCc2nocc2C1. The maximum atomic E-state index is 5.42. The summed E-state index contributed by atoms with van der Waals surface area (Å²) in [7, 11) is 0. The van der Waals surface area contributed by atoms with E-state index in [0.29, 0.717) is 5.41 Å². The molecule has 0 radical (unpaired) electrons. The number of fused-ring (bicyclic) bond motifs is 1. The summed E-state index contributed by atoms with van der Waals surface area (Å²) < 4.78 is 10.5. The van der Waals surface area contributed by atoms with Gasteiger partial charge in [0.25, 0.3) is 0 Å². The molecule has 3 heterocycles. The number of nitrogens with zero attached hydrogens (tertiary/aromatic N) is 3. The Morgan fingerprint density at radius 2 is 1.90 bits per heavy atom. The van der Waals surface area contributed by atoms with E-state index in [9.17, 15) is 0 Å². The predicted octanol–water partition coefficient (Wildman–Crippen LogP) is 1.39. The number of hydrogen-bond acceptors (Lipinski definition) is 5. The van der Waals surface area contributed by atoms with Crippen LogP contribution in [-0.4, -0.2) is 60.9 Å². The van der Waals surface area contributed by atoms with E-state index >= 15 is 0 Å². The second-order valence-corrected chi connectivity index (χ2v) is 6.80. The van der Waals surface area contributed by atoms with Gasteiger partial charge in [-0.1, -0.05) is 19.0 Å². The number of rotatable bonds is 4. The van der Waals surface area contributed by atoms with Crippen LogP contribution in [0.4, 0.5) is 0 Å². The van der Waals surface area contributed by atoms with Crippen molar-refractivity contribution in [1.29, 1.82) is 0 Å². The first-order valence-electron chi connectivity index (χ1n) is 7.57. The van der Waals surface area contributed by atoms with Crippen molar-refractivity contribution < 1.29 is 9.26 Å². The summed E-state index contributed by atoms with van der Waals surface area (Å²) in [5.74, 6) is 0. The van der Waals surface area contributed by atoms with Gasteiger partial charge >= 0.3 is 0 Å². The molecule has 0 saturated carbocycles. The fourth-order valence-electron chi connectivity index (χ4n) is 3.35. The van der Waals surface area contributed by atoms with Gasteiger partial charge in [0.1, 0.15) is 6.26 Å². The molecule has 0 spiro atoms. The van der Waals surface area contributed by atoms with Gasteiger partial charge in [0.2, 0.25) is 0 Å². The summed E-state index contributed by atoms with van der Waals surface area (Å²) in [5, 5.41) is 4.06. The van der Waals surface area contributed by atoms with E-state index < -0.39 is 0 Å². The Balaban J connectivity index is 1.53. The molecule has 0 N–H and O–H groups in total. The second kappa shape index (κ2) is 5.84. The third kappa shape index (κ3) is 3.40. The standard InChI is InChI=1S/C15H25N3O2/c1-15(2,11-17-5-7-19-8-6-17)12-18-4-3-14-13(9-18)10-20-16-14/h10H,3-9,11-12H2,1-2H3. The van der Waals surface area contributed by atoms with Gasteiger partial charge in [-0.15, -0.1) is 0 Å². The number of hydrogen-bond donors (Lipinski definition) is 0. The van der Waals surface area contributed by atoms with Gasteiger partial charge < -0.3 is 9.26 Å². The van der Waals surface area contributed by atoms with Crippen molar-refractivity contribution in [3.63, 3.8) is 0 Å². The van der Waals surface area contributed by atoms with Crippen LogP contribution in [0.15, 0.2) is 10.8 Å². The summed E-state index contributed by atoms with van der Waals surface area (Å²) >= 11 is 0. The molecule has 2 aliphatic heterocycles. The number of aromatic nitrogens is 1. The fraction of sp³-hybridized carbons (Fsp3) is 0.800. The largest absolute Gasteiger partial charge is 0.379 e. The third-order valence-corrected chi connectivity index (χ3v) is 4.19. The van der Waals surface area contributed by atoms with Crippen molar-refractivity contribution in [2.45, 2.75) is 26.8 Å². The van der Waals surface area contributed by atoms with Crippen LogP contribution in [0, 0.1) is 5.41 Å². The van der Waals surface area contributed by atoms with Crippen LogP contribution >= 0.6 is 0 Å². The summed E-state index contributed by atoms with van der Waals surface area (Å²) in [6.45, 7) is 13.0. The summed E-state index contributed by atoms with van der Waals surface area (Å²) in [5.41, 5.74) is 2.71. The first-order chi connectivity index (χ1) is 9.62. The molecule has 2 aliphatic rings. The Hall–Kier alpha value is -0.910. The highest BCUT2D eigenvalue weighted by Crippen LogP contribution is 2.24. The van der Waals surface area contributed by atoms with Crippen molar-refractivity contribution in [1.82, 2.24) is 15.0 Å². The minimum Gasteiger partial charge on any atom is -0.379 e. The van der Waals surface area contributed by atoms with Crippen molar-refractivity contribution >= 4 is 0 Å². The summed E-state index contributed by atoms with van der Waals surface area (Å²) in [6.07, 6.45) is 2.82. The van der Waals surface area contributed by atoms with Gasteiger partial charge in [-0.3, -0.25) is 9.80 Å². The van der Waals surface area contributed by atoms with E-state index in [1.807, 2.05) is 0 Å². The average Bonchev–Trinajstić information content (AvgIpc) is 2.86. The van der Waals surface area contributed by atoms with Crippen LogP contribution in [-0.2, 0) is 17.7 Å². The lowest BCUT2D eigenvalue weighted by Gasteiger charge is -2.38. The zero-order valence-corrected chi connectivity index (χ0v) is 12.6. The van der Waals surface area contributed by atoms with Crippen molar-refractivity contribution in [2.75, 3.05) is 45.9 Å². The molecule has 0 atom stereocenters. The van der Waals surface area contributed by atoms with Gasteiger partial charge in [0, 0.05) is 51.3 Å². The molecule has 1 saturated heterocycles. The maximum Gasteiger partial charge on any atom is 0.128 e. The third-order valence-electron chi connectivity index (χ3n) is 4.19. The Morgan fingerprint density at radius 3 is 2.70 bits per heavy atom. The fourth-order valence-corrected chi connectivity index (χ4v) is 3.35. The Bertz CT molecular complexity index is 438. The maximum absolute atomic E-state index is 5.42. The van der Waals surface area contributed by atoms with Crippen LogP contribution in [0.5, 0.6) is 0 Å². The van der Waals surface area contributed by atoms with Gasteiger partial charge in [-0.05, 0) is 5.41 Å². The van der Waals surface area contributed by atoms with E-state index in [2.05, 4.69) is 28.8 Å². The van der Waals surface area contributed by atoms with Gasteiger partial charge in [0.05, 0.1) is 18.9 Å². The first kappa shape index (κ1) is 14.0. The monoisotopic (exact) mass is 279 g/mol. The summed E-state index contributed by atoms with van der Waals surface area (Å²) in [6, 6.07) is 0. The second-order valence-electron chi connectivity index (χ2n) is 6.80. The van der Waals surface area contributed by atoms with Crippen LogP contribution in [0.3, 0.4) is 0 Å². The Morgan fingerprint density at radius 1 is 1.15 bits per heavy atom. The van der Waals surface area contributed by atoms with Crippen LogP contribution < -0.4 is 0 Å². The van der Waals surface area contributed by atoms with Crippen molar-refractivity contribution in [3.05, 3.63) is 17.5 Å². The minimum absolute atomic E-state index is 0.298. The molecule has 20 heavy (non-hydrogen) atoms. The Kier molecular flexibility index (Phi) is 4.10. The molecule has 5 nitrogen and oxygen atoms in total. The molecule has 0 aromatic carbocycles. The molecule has 3 rings (SSSR count). The molecule has 1 aromatic heterocycles. The molecular formula is C15H25N3O2. The van der Waals surface area contributed by atoms with E-state index in [1.165, 1.54) is 5.56 Å². The van der Waals surface area contributed by atoms with Crippen molar-refractivity contribution in [3.8, 4) is 0 Å². The van der Waals surface area contributed by atoms with Crippen LogP contribution in [0.25, 0.3) is 0 Å². The van der Waals surface area contributed by atoms with Crippen molar-refractivity contribution in [2.24, 2.45) is 5.41 Å². The highest BCUT2D eigenvalue weighted by molar-refractivity contribution is 5.17. The molecule has 0 bridgehead atoms. The molecule has 1 fully saturated rings. The number of morpholine rings is 1. The molecule has 5 heteroatoms. The van der Waals surface area contributed by atoms with E-state index in [1.54, 1.807) is 6.26 Å². The van der Waals surface area contributed by atoms with E-state index in [-0.39, 0.29) is 0 Å². The number of ether oxygens (including phenoxy) is 1. The minimum atomic E-state index is 0.298. The highest BCUT2D eigenvalue weighted by Gasteiger charge is 2.28. The lowest BCUT2D eigenvalue weighted by Crippen LogP contribution is -2.46. The van der Waals surface area contributed by atoms with Crippen LogP contribution in [0.2, 0.25) is 0 Å². The zero-order chi connectivity index (χ0) is 14.0. The van der Waals surface area contributed by atoms with Gasteiger partial charge in [-0.25, -0.2) is 0 Å². The summed E-state index contributed by atoms with van der Waals surface area (Å²) in [4.78, 5) is 5.05. The lowest BCUT2D eigenvalue weighted by molar-refractivity contribution is 0.0141. The smallest absolute Gasteiger partial charge is 0.128 e. The molecule has 1 aromatic rings. The normalized spacial score (nSPS) is 21.9. The average molecular weight is 279 g/mol. The molecular weight excluding hydrogens is 254 g/mol. The first-order valence-corrected chi connectivity index (χ1v) is 7.57. The Labute approximate surface area is 120 Å². The highest BCUT2D eigenvalue weighted by atomic mass is 16.5. The molecule has 0 amide bonds. The molecule has 0 unspecified atom stereocenters. The molecule has 0 aliphatic carbocycles. The lowest BCUT2D eigenvalue weighted by atomic mass is 9.90. The topological polar surface area (TPSA) is 41.7 Å². The van der Waals surface area contributed by atoms with Gasteiger partial charge in [-0.2, -0.15) is 0 Å². The van der Waals surface area contributed by atoms with E-state index in [4.69, 9.17) is 9.26 Å². The van der Waals surface area contributed by atoms with Gasteiger partial charge in [0.15, 0.2) is 0 Å². The van der Waals surface area contributed by atoms with Crippen LogP contribution in [0.1, 0.15) is 25.1 Å². The molecule has 112 valence electrons. The quantitative estimate of drug-likeness (QED) is 0.833. The predicted molar refractivity (Wildman–Crippen MR) is 76.5 cm³/mol. The zero-order valence-electron chi connectivity index (χ0n) is 12.6. The van der Waals surface area contributed by atoms with E-state index in [0.717, 1.165) is 64.6 Å².